The van der Waals surface area contributed by atoms with E-state index >= 15 is 0 Å². The highest BCUT2D eigenvalue weighted by atomic mass is 16.1. The minimum absolute atomic E-state index is 0.0325. The minimum atomic E-state index is -0.0708. The summed E-state index contributed by atoms with van der Waals surface area (Å²) in [5, 5.41) is 6.35. The number of nitrogens with one attached hydrogen (secondary N) is 2. The average molecular weight is 277 g/mol. The van der Waals surface area contributed by atoms with E-state index < -0.39 is 0 Å². The molecule has 0 saturated heterocycles. The maximum atomic E-state index is 12.4. The quantitative estimate of drug-likeness (QED) is 0.867. The molecule has 0 aromatic carbocycles. The molecule has 1 aromatic heterocycles. The van der Waals surface area contributed by atoms with Crippen molar-refractivity contribution < 1.29 is 4.79 Å². The molecule has 0 spiro atoms. The van der Waals surface area contributed by atoms with Crippen LogP contribution in [0.3, 0.4) is 0 Å². The predicted molar refractivity (Wildman–Crippen MR) is 84.1 cm³/mol. The van der Waals surface area contributed by atoms with Gasteiger partial charge in [-0.2, -0.15) is 0 Å². The number of carbonyl (C=O) groups excluding carboxylic acids is 1. The molecule has 0 saturated carbocycles. The van der Waals surface area contributed by atoms with Gasteiger partial charge in [-0.15, -0.1) is 0 Å². The largest absolute Gasteiger partial charge is 0.384 e. The molecule has 1 aromatic rings. The van der Waals surface area contributed by atoms with Crippen molar-refractivity contribution in [2.45, 2.75) is 54.0 Å². The highest BCUT2D eigenvalue weighted by Gasteiger charge is 2.23. The summed E-state index contributed by atoms with van der Waals surface area (Å²) < 4.78 is 0. The molecule has 0 aliphatic carbocycles. The van der Waals surface area contributed by atoms with Crippen molar-refractivity contribution in [3.8, 4) is 0 Å². The molecule has 0 aliphatic rings. The van der Waals surface area contributed by atoms with Crippen LogP contribution in [0.15, 0.2) is 12.3 Å². The third-order valence-corrected chi connectivity index (χ3v) is 3.50. The van der Waals surface area contributed by atoms with E-state index in [0.717, 1.165) is 24.3 Å². The van der Waals surface area contributed by atoms with Crippen molar-refractivity contribution in [2.75, 3.05) is 11.9 Å². The third kappa shape index (κ3) is 4.51. The number of hydrogen-bond acceptors (Lipinski definition) is 3. The summed E-state index contributed by atoms with van der Waals surface area (Å²) >= 11 is 0. The molecule has 1 heterocycles. The van der Waals surface area contributed by atoms with Gasteiger partial charge in [0.05, 0.1) is 11.3 Å². The highest BCUT2D eigenvalue weighted by molar-refractivity contribution is 5.99. The maximum Gasteiger partial charge on any atom is 0.255 e. The summed E-state index contributed by atoms with van der Waals surface area (Å²) in [5.41, 5.74) is 2.41. The Bertz CT molecular complexity index is 463. The molecule has 4 nitrogen and oxygen atoms in total. The van der Waals surface area contributed by atoms with E-state index in [0.29, 0.717) is 5.56 Å². The van der Waals surface area contributed by atoms with Crippen molar-refractivity contribution in [3.05, 3.63) is 23.5 Å². The second-order valence-corrected chi connectivity index (χ2v) is 6.36. The minimum Gasteiger partial charge on any atom is -0.384 e. The Kier molecular flexibility index (Phi) is 5.54. The van der Waals surface area contributed by atoms with Gasteiger partial charge in [0.15, 0.2) is 0 Å². The van der Waals surface area contributed by atoms with Gasteiger partial charge in [0.2, 0.25) is 0 Å². The molecule has 1 amide bonds. The second-order valence-electron chi connectivity index (χ2n) is 6.36. The summed E-state index contributed by atoms with van der Waals surface area (Å²) in [6.07, 6.45) is 2.67. The molecular formula is C16H27N3O. The third-order valence-electron chi connectivity index (χ3n) is 3.50. The fourth-order valence-electron chi connectivity index (χ4n) is 1.64. The van der Waals surface area contributed by atoms with Crippen molar-refractivity contribution >= 4 is 11.6 Å². The first kappa shape index (κ1) is 16.5. The molecule has 4 heteroatoms. The van der Waals surface area contributed by atoms with Crippen LogP contribution in [0.1, 0.15) is 57.1 Å². The van der Waals surface area contributed by atoms with Gasteiger partial charge in [-0.25, -0.2) is 0 Å². The van der Waals surface area contributed by atoms with E-state index in [-0.39, 0.29) is 17.4 Å². The van der Waals surface area contributed by atoms with Crippen LogP contribution in [0, 0.1) is 12.3 Å². The van der Waals surface area contributed by atoms with Crippen LogP contribution >= 0.6 is 0 Å². The van der Waals surface area contributed by atoms with Gasteiger partial charge in [-0.1, -0.05) is 27.7 Å². The van der Waals surface area contributed by atoms with E-state index in [1.807, 2.05) is 19.9 Å². The van der Waals surface area contributed by atoms with Crippen LogP contribution in [0.5, 0.6) is 0 Å². The van der Waals surface area contributed by atoms with E-state index in [2.05, 4.69) is 43.3 Å². The molecule has 1 atom stereocenters. The summed E-state index contributed by atoms with van der Waals surface area (Å²) in [5.74, 6) is -0.0708. The Hall–Kier alpha value is -1.58. The molecule has 2 N–H and O–H groups in total. The number of pyridine rings is 1. The van der Waals surface area contributed by atoms with E-state index in [4.69, 9.17) is 0 Å². The highest BCUT2D eigenvalue weighted by Crippen LogP contribution is 2.21. The average Bonchev–Trinajstić information content (AvgIpc) is 2.35. The number of carbonyl (C=O) groups is 1. The molecule has 1 unspecified atom stereocenters. The molecule has 0 fully saturated rings. The van der Waals surface area contributed by atoms with Crippen LogP contribution in [0.25, 0.3) is 0 Å². The topological polar surface area (TPSA) is 54.0 Å². The number of amides is 1. The first-order chi connectivity index (χ1) is 9.25. The second kappa shape index (κ2) is 6.73. The maximum absolute atomic E-state index is 12.4. The molecule has 1 rings (SSSR count). The summed E-state index contributed by atoms with van der Waals surface area (Å²) in [6.45, 7) is 13.2. The van der Waals surface area contributed by atoms with Crippen LogP contribution in [0.2, 0.25) is 0 Å². The smallest absolute Gasteiger partial charge is 0.255 e. The number of rotatable bonds is 5. The first-order valence-electron chi connectivity index (χ1n) is 7.27. The van der Waals surface area contributed by atoms with Gasteiger partial charge in [0.25, 0.3) is 5.91 Å². The number of aryl methyl sites for hydroxylation is 1. The Morgan fingerprint density at radius 2 is 2.05 bits per heavy atom. The van der Waals surface area contributed by atoms with E-state index in [9.17, 15) is 4.79 Å². The normalized spacial score (nSPS) is 12.9. The summed E-state index contributed by atoms with van der Waals surface area (Å²) in [7, 11) is 0. The fraction of sp³-hybridized carbons (Fsp3) is 0.625. The zero-order valence-corrected chi connectivity index (χ0v) is 13.5. The van der Waals surface area contributed by atoms with Gasteiger partial charge < -0.3 is 10.6 Å². The molecule has 20 heavy (non-hydrogen) atoms. The van der Waals surface area contributed by atoms with Crippen molar-refractivity contribution in [1.82, 2.24) is 10.3 Å². The lowest BCUT2D eigenvalue weighted by Gasteiger charge is -2.28. The van der Waals surface area contributed by atoms with Gasteiger partial charge in [0.1, 0.15) is 0 Å². The van der Waals surface area contributed by atoms with Crippen LogP contribution < -0.4 is 10.6 Å². The molecule has 0 aliphatic heterocycles. The van der Waals surface area contributed by atoms with Crippen molar-refractivity contribution in [2.24, 2.45) is 5.41 Å². The van der Waals surface area contributed by atoms with Crippen LogP contribution in [-0.4, -0.2) is 23.5 Å². The lowest BCUT2D eigenvalue weighted by molar-refractivity contribution is 0.0910. The van der Waals surface area contributed by atoms with E-state index in [1.165, 1.54) is 0 Å². The first-order valence-corrected chi connectivity index (χ1v) is 7.27. The SMILES string of the molecule is CCCNc1cc(C)ncc1C(=O)NC(C)C(C)(C)C. The Balaban J connectivity index is 2.92. The molecule has 0 bridgehead atoms. The van der Waals surface area contributed by atoms with Gasteiger partial charge in [-0.3, -0.25) is 9.78 Å². The predicted octanol–water partition coefficient (Wildman–Crippen LogP) is 3.38. The Morgan fingerprint density at radius 1 is 1.40 bits per heavy atom. The lowest BCUT2D eigenvalue weighted by atomic mass is 9.88. The van der Waals surface area contributed by atoms with E-state index in [1.54, 1.807) is 6.20 Å². The zero-order valence-electron chi connectivity index (χ0n) is 13.5. The molecule has 112 valence electrons. The monoisotopic (exact) mass is 277 g/mol. The van der Waals surface area contributed by atoms with Crippen LogP contribution in [-0.2, 0) is 0 Å². The van der Waals surface area contributed by atoms with Gasteiger partial charge >= 0.3 is 0 Å². The number of hydrogen-bond donors (Lipinski definition) is 2. The zero-order chi connectivity index (χ0) is 15.3. The summed E-state index contributed by atoms with van der Waals surface area (Å²) in [6, 6.07) is 2.02. The molecular weight excluding hydrogens is 250 g/mol. The lowest BCUT2D eigenvalue weighted by Crippen LogP contribution is -2.41. The van der Waals surface area contributed by atoms with Gasteiger partial charge in [-0.05, 0) is 31.7 Å². The van der Waals surface area contributed by atoms with Crippen molar-refractivity contribution in [1.29, 1.82) is 0 Å². The number of anilines is 1. The molecule has 0 radical (unpaired) electrons. The Morgan fingerprint density at radius 3 is 2.60 bits per heavy atom. The fourth-order valence-corrected chi connectivity index (χ4v) is 1.64. The van der Waals surface area contributed by atoms with Crippen LogP contribution in [0.4, 0.5) is 5.69 Å². The number of nitrogens with zero attached hydrogens (tertiary/aromatic N) is 1. The summed E-state index contributed by atoms with van der Waals surface area (Å²) in [4.78, 5) is 16.6. The van der Waals surface area contributed by atoms with Gasteiger partial charge in [0, 0.05) is 24.5 Å². The number of aromatic nitrogens is 1. The standard InChI is InChI=1S/C16H27N3O/c1-7-8-17-14-9-11(2)18-10-13(14)15(20)19-12(3)16(4,5)6/h9-10,12H,7-8H2,1-6H3,(H,17,18)(H,19,20). The van der Waals surface area contributed by atoms with Crippen molar-refractivity contribution in [3.63, 3.8) is 0 Å². The Labute approximate surface area is 122 Å².